The van der Waals surface area contributed by atoms with Gasteiger partial charge in [-0.05, 0) is 36.4 Å². The van der Waals surface area contributed by atoms with Gasteiger partial charge in [0.05, 0.1) is 23.7 Å². The van der Waals surface area contributed by atoms with Crippen LogP contribution in [0.15, 0.2) is 59.5 Å². The van der Waals surface area contributed by atoms with Crippen LogP contribution in [0.4, 0.5) is 14.6 Å². The van der Waals surface area contributed by atoms with Crippen molar-refractivity contribution in [3.8, 4) is 5.75 Å². The number of carbonyl (C=O) groups excluding carboxylic acids is 1. The minimum Gasteiger partial charge on any atom is -0.478 e. The zero-order valence-corrected chi connectivity index (χ0v) is 21.2. The summed E-state index contributed by atoms with van der Waals surface area (Å²) in [7, 11) is -3.87. The number of carbonyl (C=O) groups is 3. The van der Waals surface area contributed by atoms with Crippen LogP contribution in [0.5, 0.6) is 5.75 Å². The molecule has 1 aliphatic heterocycles. The molecule has 3 N–H and O–H groups in total. The van der Waals surface area contributed by atoms with E-state index in [1.54, 1.807) is 0 Å². The molecule has 2 heterocycles. The minimum absolute atomic E-state index is 0.0581. The van der Waals surface area contributed by atoms with Gasteiger partial charge in [-0.25, -0.2) is 31.8 Å². The molecule has 40 heavy (non-hydrogen) atoms. The fourth-order valence-electron chi connectivity index (χ4n) is 3.78. The second-order valence-electron chi connectivity index (χ2n) is 8.35. The van der Waals surface area contributed by atoms with Crippen LogP contribution in [0.2, 0.25) is 0 Å². The maximum absolute atomic E-state index is 14.4. The number of hydrogen-bond acceptors (Lipinski definition) is 8. The van der Waals surface area contributed by atoms with Gasteiger partial charge in [-0.15, -0.1) is 0 Å². The van der Waals surface area contributed by atoms with Crippen molar-refractivity contribution in [2.45, 2.75) is 11.0 Å². The van der Waals surface area contributed by atoms with Crippen molar-refractivity contribution >= 4 is 33.7 Å². The van der Waals surface area contributed by atoms with Crippen molar-refractivity contribution in [2.75, 3.05) is 31.6 Å². The third-order valence-corrected chi connectivity index (χ3v) is 7.66. The number of morpholine rings is 1. The maximum atomic E-state index is 14.4. The molecular formula is C25H21F2N3O9S. The predicted molar refractivity (Wildman–Crippen MR) is 133 cm³/mol. The van der Waals surface area contributed by atoms with Gasteiger partial charge in [0.1, 0.15) is 11.6 Å². The Bertz CT molecular complexity index is 1560. The van der Waals surface area contributed by atoms with E-state index in [4.69, 9.17) is 9.47 Å². The Labute approximate surface area is 225 Å². The Morgan fingerprint density at radius 2 is 1.65 bits per heavy atom. The van der Waals surface area contributed by atoms with E-state index in [9.17, 15) is 41.8 Å². The first-order chi connectivity index (χ1) is 19.0. The monoisotopic (exact) mass is 577 g/mol. The highest BCUT2D eigenvalue weighted by Gasteiger charge is 2.29. The number of nitrogens with one attached hydrogen (secondary N) is 1. The molecule has 1 unspecified atom stereocenters. The summed E-state index contributed by atoms with van der Waals surface area (Å²) in [5.41, 5.74) is -1.41. The third-order valence-electron chi connectivity index (χ3n) is 5.75. The molecule has 0 saturated carbocycles. The molecule has 0 radical (unpaired) electrons. The van der Waals surface area contributed by atoms with Gasteiger partial charge in [0.2, 0.25) is 16.1 Å². The minimum atomic E-state index is -3.87. The number of carboxylic acids is 2. The van der Waals surface area contributed by atoms with Crippen molar-refractivity contribution in [2.24, 2.45) is 0 Å². The fraction of sp³-hybridized carbons (Fsp3) is 0.200. The molecule has 1 aromatic heterocycles. The van der Waals surface area contributed by atoms with Crippen LogP contribution in [0.1, 0.15) is 32.5 Å². The molecule has 0 spiro atoms. The van der Waals surface area contributed by atoms with E-state index < -0.39 is 62.6 Å². The number of pyridine rings is 1. The van der Waals surface area contributed by atoms with Crippen molar-refractivity contribution in [3.63, 3.8) is 0 Å². The number of carboxylic acid groups (broad SMARTS) is 2. The quantitative estimate of drug-likeness (QED) is 0.343. The molecule has 1 amide bonds. The normalized spacial score (nSPS) is 14.8. The summed E-state index contributed by atoms with van der Waals surface area (Å²) in [6.45, 7) is 0.797. The van der Waals surface area contributed by atoms with Crippen LogP contribution >= 0.6 is 0 Å². The highest BCUT2D eigenvalue weighted by molar-refractivity contribution is 7.89. The predicted octanol–water partition coefficient (Wildman–Crippen LogP) is 2.54. The SMILES string of the molecule is O=C(O)c1ccc(NC(=O)C(Oc2ccc(F)cc2F)c2ccc(S(=O)(=O)N3CCOCC3)cc2)nc1C(=O)O. The molecule has 2 aromatic carbocycles. The summed E-state index contributed by atoms with van der Waals surface area (Å²) in [4.78, 5) is 39.6. The smallest absolute Gasteiger partial charge is 0.355 e. The Kier molecular flexibility index (Phi) is 8.37. The summed E-state index contributed by atoms with van der Waals surface area (Å²) in [5.74, 6) is -7.10. The topological polar surface area (TPSA) is 172 Å². The summed E-state index contributed by atoms with van der Waals surface area (Å²) in [6, 6.07) is 9.34. The summed E-state index contributed by atoms with van der Waals surface area (Å²) >= 11 is 0. The lowest BCUT2D eigenvalue weighted by atomic mass is 10.1. The number of aromatic nitrogens is 1. The molecule has 12 nitrogen and oxygen atoms in total. The van der Waals surface area contributed by atoms with E-state index in [-0.39, 0.29) is 42.6 Å². The van der Waals surface area contributed by atoms with E-state index in [1.165, 1.54) is 28.6 Å². The van der Waals surface area contributed by atoms with Crippen molar-refractivity contribution in [3.05, 3.63) is 83.1 Å². The van der Waals surface area contributed by atoms with Crippen molar-refractivity contribution < 1.29 is 51.3 Å². The highest BCUT2D eigenvalue weighted by Crippen LogP contribution is 2.28. The first kappa shape index (κ1) is 28.5. The average molecular weight is 578 g/mol. The third kappa shape index (κ3) is 6.22. The lowest BCUT2D eigenvalue weighted by Gasteiger charge is -2.26. The number of rotatable bonds is 9. The van der Waals surface area contributed by atoms with E-state index in [1.807, 2.05) is 0 Å². The molecule has 15 heteroatoms. The molecule has 1 atom stereocenters. The van der Waals surface area contributed by atoms with Crippen LogP contribution in [0, 0.1) is 11.6 Å². The molecular weight excluding hydrogens is 556 g/mol. The van der Waals surface area contributed by atoms with Gasteiger partial charge in [0.25, 0.3) is 5.91 Å². The van der Waals surface area contributed by atoms with Gasteiger partial charge < -0.3 is 25.0 Å². The standard InChI is InChI=1S/C25H21F2N3O9S/c26-15-3-7-19(18(27)13-15)39-22(23(31)29-20-8-6-17(24(32)33)21(28-20)25(34)35)14-1-4-16(5-2-14)40(36,37)30-9-11-38-12-10-30/h1-8,13,22H,9-12H2,(H,32,33)(H,34,35)(H,28,29,31). The van der Waals surface area contributed by atoms with Crippen LogP contribution in [-0.4, -0.2) is 72.1 Å². The Balaban J connectivity index is 1.67. The van der Waals surface area contributed by atoms with Crippen LogP contribution in [0.3, 0.4) is 0 Å². The van der Waals surface area contributed by atoms with Crippen molar-refractivity contribution in [1.82, 2.24) is 9.29 Å². The fourth-order valence-corrected chi connectivity index (χ4v) is 5.19. The number of aromatic carboxylic acids is 2. The van der Waals surface area contributed by atoms with Gasteiger partial charge in [-0.3, -0.25) is 4.79 Å². The molecule has 210 valence electrons. The first-order valence-electron chi connectivity index (χ1n) is 11.6. The number of amides is 1. The number of ether oxygens (including phenoxy) is 2. The van der Waals surface area contributed by atoms with Gasteiger partial charge in [-0.2, -0.15) is 4.31 Å². The molecule has 0 bridgehead atoms. The average Bonchev–Trinajstić information content (AvgIpc) is 2.93. The van der Waals surface area contributed by atoms with E-state index in [2.05, 4.69) is 10.3 Å². The number of halogens is 2. The molecule has 1 fully saturated rings. The summed E-state index contributed by atoms with van der Waals surface area (Å²) < 4.78 is 65.7. The van der Waals surface area contributed by atoms with E-state index >= 15 is 0 Å². The van der Waals surface area contributed by atoms with Gasteiger partial charge >= 0.3 is 11.9 Å². The number of anilines is 1. The van der Waals surface area contributed by atoms with Crippen LogP contribution in [-0.2, 0) is 19.6 Å². The van der Waals surface area contributed by atoms with Gasteiger partial charge in [0.15, 0.2) is 17.3 Å². The van der Waals surface area contributed by atoms with Gasteiger partial charge in [-0.1, -0.05) is 12.1 Å². The maximum Gasteiger partial charge on any atom is 0.355 e. The Morgan fingerprint density at radius 3 is 2.25 bits per heavy atom. The molecule has 4 rings (SSSR count). The number of benzene rings is 2. The Morgan fingerprint density at radius 1 is 0.975 bits per heavy atom. The summed E-state index contributed by atoms with van der Waals surface area (Å²) in [5, 5.41) is 20.8. The molecule has 0 aliphatic carbocycles. The second-order valence-corrected chi connectivity index (χ2v) is 10.3. The second kappa shape index (κ2) is 11.7. The molecule has 1 saturated heterocycles. The van der Waals surface area contributed by atoms with Crippen LogP contribution in [0.25, 0.3) is 0 Å². The first-order valence-corrected chi connectivity index (χ1v) is 13.0. The van der Waals surface area contributed by atoms with Crippen molar-refractivity contribution in [1.29, 1.82) is 0 Å². The number of nitrogens with zero attached hydrogens (tertiary/aromatic N) is 2. The Hall–Kier alpha value is -4.47. The van der Waals surface area contributed by atoms with E-state index in [0.717, 1.165) is 24.3 Å². The van der Waals surface area contributed by atoms with Crippen LogP contribution < -0.4 is 10.1 Å². The zero-order valence-electron chi connectivity index (χ0n) is 20.4. The lowest BCUT2D eigenvalue weighted by molar-refractivity contribution is -0.123. The molecule has 1 aliphatic rings. The summed E-state index contributed by atoms with van der Waals surface area (Å²) in [6.07, 6.45) is -1.66. The zero-order chi connectivity index (χ0) is 29.0. The van der Waals surface area contributed by atoms with Gasteiger partial charge in [0, 0.05) is 24.7 Å². The lowest BCUT2D eigenvalue weighted by Crippen LogP contribution is -2.40. The highest BCUT2D eigenvalue weighted by atomic mass is 32.2. The molecule has 3 aromatic rings. The van der Waals surface area contributed by atoms with E-state index in [0.29, 0.717) is 6.07 Å². The number of hydrogen-bond donors (Lipinski definition) is 3. The number of sulfonamides is 1. The largest absolute Gasteiger partial charge is 0.478 e.